The Morgan fingerprint density at radius 1 is 0.754 bits per heavy atom. The highest BCUT2D eigenvalue weighted by molar-refractivity contribution is 5.83. The zero-order valence-electron chi connectivity index (χ0n) is 34.0. The predicted molar refractivity (Wildman–Crippen MR) is 238 cm³/mol. The van der Waals surface area contributed by atoms with Crippen molar-refractivity contribution in [3.63, 3.8) is 0 Å². The average molecular weight is 807 g/mol. The average Bonchev–Trinajstić information content (AvgIpc) is 3.97. The first-order chi connectivity index (χ1) is 30.0. The summed E-state index contributed by atoms with van der Waals surface area (Å²) in [4.78, 5) is 30.0. The minimum absolute atomic E-state index is 0.0322. The first kappa shape index (κ1) is 40.5. The number of nitrogens with one attached hydrogen (secondary N) is 1. The van der Waals surface area contributed by atoms with Crippen LogP contribution in [0.1, 0.15) is 66.5 Å². The maximum atomic E-state index is 13.4. The van der Waals surface area contributed by atoms with E-state index in [1.54, 1.807) is 6.20 Å². The van der Waals surface area contributed by atoms with Gasteiger partial charge >= 0.3 is 5.97 Å². The molecule has 304 valence electrons. The Kier molecular flexibility index (Phi) is 12.2. The van der Waals surface area contributed by atoms with Crippen molar-refractivity contribution in [2.75, 3.05) is 0 Å². The third-order valence-electron chi connectivity index (χ3n) is 11.8. The van der Waals surface area contributed by atoms with E-state index in [1.807, 2.05) is 108 Å². The number of nitrogens with zero attached hydrogens (tertiary/aromatic N) is 6. The van der Waals surface area contributed by atoms with Gasteiger partial charge in [-0.05, 0) is 50.2 Å². The highest BCUT2D eigenvalue weighted by Crippen LogP contribution is 2.43. The molecule has 10 nitrogen and oxygen atoms in total. The molecule has 10 heteroatoms. The summed E-state index contributed by atoms with van der Waals surface area (Å²) < 4.78 is 1.98. The lowest BCUT2D eigenvalue weighted by Crippen LogP contribution is -2.57. The van der Waals surface area contributed by atoms with Gasteiger partial charge in [-0.15, -0.1) is 5.10 Å². The Bertz CT molecular complexity index is 2520. The number of carboxylic acids is 1. The van der Waals surface area contributed by atoms with Gasteiger partial charge in [0.2, 0.25) is 12.2 Å². The molecule has 1 amide bonds. The SMILES string of the molecule is CCCCC1=NC=C[N+]1(Cc1ccc(-c2ccccc2-c2nnnn2C(c2ccccc2)(c2ccccc2)c2ccccc2)cc1)C(C[C@@H](NC=O)c1ccccc1)C(=O)O. The van der Waals surface area contributed by atoms with Crippen LogP contribution in [-0.2, 0) is 21.7 Å². The smallest absolute Gasteiger partial charge is 0.363 e. The molecule has 0 bridgehead atoms. The van der Waals surface area contributed by atoms with E-state index in [4.69, 9.17) is 15.3 Å². The number of rotatable bonds is 18. The highest BCUT2D eigenvalue weighted by atomic mass is 16.4. The van der Waals surface area contributed by atoms with Gasteiger partial charge in [-0.3, -0.25) is 4.79 Å². The van der Waals surface area contributed by atoms with Gasteiger partial charge in [0.15, 0.2) is 11.9 Å². The maximum absolute atomic E-state index is 13.4. The molecule has 0 aliphatic carbocycles. The number of quaternary nitrogens is 1. The largest absolute Gasteiger partial charge is 0.477 e. The van der Waals surface area contributed by atoms with Gasteiger partial charge in [-0.2, -0.15) is 0 Å². The van der Waals surface area contributed by atoms with E-state index in [9.17, 15) is 14.7 Å². The lowest BCUT2D eigenvalue weighted by Gasteiger charge is -2.39. The molecule has 1 aliphatic heterocycles. The van der Waals surface area contributed by atoms with E-state index >= 15 is 0 Å². The fourth-order valence-electron chi connectivity index (χ4n) is 8.86. The molecular weight excluding hydrogens is 759 g/mol. The normalized spacial score (nSPS) is 15.8. The van der Waals surface area contributed by atoms with E-state index in [0.29, 0.717) is 25.2 Å². The molecule has 0 radical (unpaired) electrons. The Balaban J connectivity index is 1.19. The van der Waals surface area contributed by atoms with Crippen LogP contribution in [0.15, 0.2) is 187 Å². The number of unbranched alkanes of at least 4 members (excludes halogenated alkanes) is 1. The van der Waals surface area contributed by atoms with Crippen molar-refractivity contribution in [3.05, 3.63) is 210 Å². The van der Waals surface area contributed by atoms with Gasteiger partial charge in [-0.25, -0.2) is 19.0 Å². The molecular formula is C51H48N7O3+. The van der Waals surface area contributed by atoms with Gasteiger partial charge in [0.25, 0.3) is 0 Å². The minimum atomic E-state index is -0.953. The van der Waals surface area contributed by atoms with E-state index in [0.717, 1.165) is 63.2 Å². The highest BCUT2D eigenvalue weighted by Gasteiger charge is 2.48. The van der Waals surface area contributed by atoms with Crippen molar-refractivity contribution >= 4 is 18.2 Å². The van der Waals surface area contributed by atoms with Crippen LogP contribution >= 0.6 is 0 Å². The zero-order valence-corrected chi connectivity index (χ0v) is 34.0. The number of amides is 1. The van der Waals surface area contributed by atoms with Crippen LogP contribution in [0.2, 0.25) is 0 Å². The molecule has 0 fully saturated rings. The number of benzene rings is 6. The van der Waals surface area contributed by atoms with Crippen LogP contribution in [0.4, 0.5) is 0 Å². The number of tetrazole rings is 1. The van der Waals surface area contributed by atoms with E-state index in [-0.39, 0.29) is 10.9 Å². The summed E-state index contributed by atoms with van der Waals surface area (Å²) >= 11 is 0. The van der Waals surface area contributed by atoms with Crippen LogP contribution in [0.3, 0.4) is 0 Å². The van der Waals surface area contributed by atoms with Gasteiger partial charge in [0.05, 0.1) is 12.2 Å². The van der Waals surface area contributed by atoms with Crippen LogP contribution < -0.4 is 5.32 Å². The number of hydrogen-bond acceptors (Lipinski definition) is 6. The molecule has 0 saturated carbocycles. The van der Waals surface area contributed by atoms with Crippen molar-refractivity contribution in [1.82, 2.24) is 25.5 Å². The second-order valence-corrected chi connectivity index (χ2v) is 15.3. The second kappa shape index (κ2) is 18.3. The van der Waals surface area contributed by atoms with Crippen molar-refractivity contribution < 1.29 is 19.2 Å². The van der Waals surface area contributed by atoms with Crippen molar-refractivity contribution in [2.45, 2.75) is 56.8 Å². The number of aromatic nitrogens is 4. The van der Waals surface area contributed by atoms with Crippen molar-refractivity contribution in [3.8, 4) is 22.5 Å². The molecule has 0 saturated heterocycles. The quantitative estimate of drug-likeness (QED) is 0.0506. The molecule has 1 aliphatic rings. The minimum Gasteiger partial charge on any atom is -0.477 e. The van der Waals surface area contributed by atoms with Crippen LogP contribution in [0.5, 0.6) is 0 Å². The third kappa shape index (κ3) is 7.93. The molecule has 1 aromatic heterocycles. The fourth-order valence-corrected chi connectivity index (χ4v) is 8.86. The summed E-state index contributed by atoms with van der Waals surface area (Å²) in [6, 6.07) is 55.5. The number of aliphatic carboxylic acids is 1. The summed E-state index contributed by atoms with van der Waals surface area (Å²) in [5, 5.41) is 27.7. The molecule has 2 N–H and O–H groups in total. The standard InChI is InChI=1S/C51H47N7O3/c1-2-3-28-48-52-33-34-58(48,47(50(60)61)35-46(53-37-59)40-18-8-4-9-19-40)36-38-29-31-39(32-30-38)44-26-16-17-27-45(44)49-54-55-56-57(49)51(41-20-10-5-11-21-41,42-22-12-6-13-23-42)43-24-14-7-15-25-43/h4-27,29-34,37,46-47H,2-3,28,35-36H2,1H3,(H-,53,59,60,61)/p+1/t46-,47?,58?/m1/s1. The molecule has 6 aromatic carbocycles. The van der Waals surface area contributed by atoms with Crippen LogP contribution in [0.25, 0.3) is 22.5 Å². The van der Waals surface area contributed by atoms with Gasteiger partial charge in [0.1, 0.15) is 18.3 Å². The summed E-state index contributed by atoms with van der Waals surface area (Å²) in [6.45, 7) is 2.48. The number of carboxylic acid groups (broad SMARTS) is 1. The van der Waals surface area contributed by atoms with E-state index < -0.39 is 23.6 Å². The van der Waals surface area contributed by atoms with Crippen molar-refractivity contribution in [1.29, 1.82) is 0 Å². The number of amidine groups is 1. The first-order valence-corrected chi connectivity index (χ1v) is 20.7. The summed E-state index contributed by atoms with van der Waals surface area (Å²) in [7, 11) is 0. The molecule has 8 rings (SSSR count). The topological polar surface area (TPSA) is 122 Å². The fraction of sp³-hybridized carbons (Fsp3) is 0.176. The van der Waals surface area contributed by atoms with Crippen LogP contribution in [0, 0.1) is 0 Å². The second-order valence-electron chi connectivity index (χ2n) is 15.3. The molecule has 7 aromatic rings. The first-order valence-electron chi connectivity index (χ1n) is 20.7. The van der Waals surface area contributed by atoms with E-state index in [2.05, 4.69) is 90.3 Å². The number of aliphatic imine (C=N–C) groups is 1. The maximum Gasteiger partial charge on any atom is 0.363 e. The van der Waals surface area contributed by atoms with Gasteiger partial charge in [-0.1, -0.05) is 183 Å². The molecule has 2 unspecified atom stereocenters. The Morgan fingerprint density at radius 3 is 1.87 bits per heavy atom. The monoisotopic (exact) mass is 806 g/mol. The summed E-state index contributed by atoms with van der Waals surface area (Å²) in [5.41, 5.74) is 6.65. The molecule has 61 heavy (non-hydrogen) atoms. The molecule has 0 spiro atoms. The number of hydrogen-bond donors (Lipinski definition) is 2. The van der Waals surface area contributed by atoms with Gasteiger partial charge in [0, 0.05) is 24.0 Å². The predicted octanol–water partition coefficient (Wildman–Crippen LogP) is 9.57. The lowest BCUT2D eigenvalue weighted by atomic mass is 9.77. The molecule has 2 heterocycles. The Morgan fingerprint density at radius 2 is 1.31 bits per heavy atom. The summed E-state index contributed by atoms with van der Waals surface area (Å²) in [6.07, 6.45) is 6.93. The van der Waals surface area contributed by atoms with Crippen molar-refractivity contribution in [2.24, 2.45) is 4.99 Å². The van der Waals surface area contributed by atoms with Gasteiger partial charge < -0.3 is 10.4 Å². The van der Waals surface area contributed by atoms with Crippen LogP contribution in [-0.4, -0.2) is 54.1 Å². The Labute approximate surface area is 356 Å². The summed E-state index contributed by atoms with van der Waals surface area (Å²) in [5.74, 6) is 0.443. The lowest BCUT2D eigenvalue weighted by molar-refractivity contribution is -0.821. The number of carbonyl (C=O) groups is 2. The zero-order chi connectivity index (χ0) is 42.1. The number of carbonyl (C=O) groups excluding carboxylic acids is 1. The third-order valence-corrected chi connectivity index (χ3v) is 11.8. The van der Waals surface area contributed by atoms with E-state index in [1.165, 1.54) is 0 Å². The Hall–Kier alpha value is -7.30. The molecule has 3 atom stereocenters.